The van der Waals surface area contributed by atoms with E-state index in [-0.39, 0.29) is 0 Å². The summed E-state index contributed by atoms with van der Waals surface area (Å²) in [5.74, 6) is -28.0. The van der Waals surface area contributed by atoms with E-state index in [4.69, 9.17) is 10.2 Å². The fraction of sp³-hybridized carbons (Fsp3) is 0.133. The second-order valence-electron chi connectivity index (χ2n) is 9.50. The number of hydrogen-bond acceptors (Lipinski definition) is 8. The lowest BCUT2D eigenvalue weighted by molar-refractivity contribution is -0.378. The number of aromatic carboxylic acids is 4. The average Bonchev–Trinajstić information content (AvgIpc) is 3.04. The molecule has 0 aliphatic heterocycles. The SMILES string of the molecule is CN(C)c1cc[nH+]cc1.CN(C)c1cc[nH+]cc1.O=C(O)c1c(F)c(F)c(C(=O)O)c(F)c1F.O=C([O-])c1c(F)c(F)c(C(=O)[O-])c(F)c1F. The summed E-state index contributed by atoms with van der Waals surface area (Å²) in [5, 5.41) is 36.8. The summed E-state index contributed by atoms with van der Waals surface area (Å²) >= 11 is 0. The molecule has 4 rings (SSSR count). The van der Waals surface area contributed by atoms with Gasteiger partial charge in [-0.05, 0) is 0 Å². The highest BCUT2D eigenvalue weighted by Crippen LogP contribution is 2.25. The summed E-state index contributed by atoms with van der Waals surface area (Å²) in [7, 11) is 8.09. The van der Waals surface area contributed by atoms with Gasteiger partial charge in [0.1, 0.15) is 11.1 Å². The first-order chi connectivity index (χ1) is 23.2. The molecule has 0 spiro atoms. The second kappa shape index (κ2) is 18.3. The van der Waals surface area contributed by atoms with Gasteiger partial charge in [-0.2, -0.15) is 0 Å². The summed E-state index contributed by atoms with van der Waals surface area (Å²) in [4.78, 5) is 50.9. The number of hydrogen-bond donors (Lipinski definition) is 2. The van der Waals surface area contributed by atoms with Gasteiger partial charge in [0.05, 0.1) is 23.1 Å². The van der Waals surface area contributed by atoms with Crippen molar-refractivity contribution < 1.29 is 84.7 Å². The van der Waals surface area contributed by atoms with Crippen molar-refractivity contribution in [2.24, 2.45) is 0 Å². The van der Waals surface area contributed by atoms with E-state index < -0.39 is 92.7 Å². The first-order valence-electron chi connectivity index (χ1n) is 13.1. The molecule has 50 heavy (non-hydrogen) atoms. The van der Waals surface area contributed by atoms with E-state index in [0.29, 0.717) is 0 Å². The number of carbonyl (C=O) groups excluding carboxylic acids is 2. The van der Waals surface area contributed by atoms with Crippen molar-refractivity contribution in [1.29, 1.82) is 0 Å². The summed E-state index contributed by atoms with van der Waals surface area (Å²) < 4.78 is 103. The number of benzene rings is 2. The molecular formula is C30H24F8N4O8. The van der Waals surface area contributed by atoms with E-state index in [1.807, 2.05) is 77.2 Å². The van der Waals surface area contributed by atoms with Gasteiger partial charge in [0.2, 0.25) is 0 Å². The molecule has 2 aromatic carbocycles. The molecule has 2 heterocycles. The molecule has 0 amide bonds. The third kappa shape index (κ3) is 10.3. The number of rotatable bonds is 6. The normalized spacial score (nSPS) is 9.84. The van der Waals surface area contributed by atoms with Crippen molar-refractivity contribution in [1.82, 2.24) is 0 Å². The Hall–Kier alpha value is -6.34. The molecule has 0 unspecified atom stereocenters. The van der Waals surface area contributed by atoms with Gasteiger partial charge in [0.25, 0.3) is 0 Å². The van der Waals surface area contributed by atoms with Crippen LogP contribution in [0.15, 0.2) is 49.1 Å². The van der Waals surface area contributed by atoms with Crippen molar-refractivity contribution >= 4 is 35.3 Å². The van der Waals surface area contributed by atoms with Crippen molar-refractivity contribution in [3.05, 3.63) is 118 Å². The Kier molecular flexibility index (Phi) is 15.2. The van der Waals surface area contributed by atoms with Crippen LogP contribution in [0.3, 0.4) is 0 Å². The van der Waals surface area contributed by atoms with Crippen LogP contribution in [0, 0.1) is 46.5 Å². The zero-order chi connectivity index (χ0) is 38.6. The van der Waals surface area contributed by atoms with Crippen molar-refractivity contribution in [3.63, 3.8) is 0 Å². The smallest absolute Gasteiger partial charge is 0.341 e. The number of carboxylic acid groups (broad SMARTS) is 4. The largest absolute Gasteiger partial charge is 0.545 e. The number of carboxylic acids is 4. The number of nitrogens with zero attached hydrogens (tertiary/aromatic N) is 2. The molecule has 0 atom stereocenters. The Labute approximate surface area is 276 Å². The van der Waals surface area contributed by atoms with Crippen LogP contribution in [0.2, 0.25) is 0 Å². The van der Waals surface area contributed by atoms with E-state index in [9.17, 15) is 64.5 Å². The first-order valence-corrected chi connectivity index (χ1v) is 13.1. The van der Waals surface area contributed by atoms with E-state index in [1.54, 1.807) is 0 Å². The average molecular weight is 721 g/mol. The molecule has 0 fully saturated rings. The van der Waals surface area contributed by atoms with Gasteiger partial charge in [0.15, 0.2) is 71.3 Å². The lowest BCUT2D eigenvalue weighted by Gasteiger charge is -2.12. The number of carbonyl (C=O) groups is 4. The predicted octanol–water partition coefficient (Wildman–Crippen LogP) is 1.74. The Morgan fingerprint density at radius 1 is 0.480 bits per heavy atom. The molecule has 4 aromatic rings. The molecule has 268 valence electrons. The fourth-order valence-electron chi connectivity index (χ4n) is 3.35. The van der Waals surface area contributed by atoms with Crippen LogP contribution in [0.1, 0.15) is 41.4 Å². The number of nitrogens with one attached hydrogen (secondary N) is 2. The predicted molar refractivity (Wildman–Crippen MR) is 150 cm³/mol. The Balaban J connectivity index is 0.000000345. The maximum atomic E-state index is 12.9. The van der Waals surface area contributed by atoms with Crippen molar-refractivity contribution in [2.45, 2.75) is 0 Å². The molecule has 0 radical (unpaired) electrons. The molecule has 0 aliphatic rings. The van der Waals surface area contributed by atoms with E-state index in [2.05, 4.69) is 19.8 Å². The molecule has 0 bridgehead atoms. The minimum Gasteiger partial charge on any atom is -0.545 e. The van der Waals surface area contributed by atoms with Gasteiger partial charge in [-0.1, -0.05) is 0 Å². The van der Waals surface area contributed by atoms with Crippen LogP contribution in [0.4, 0.5) is 46.5 Å². The van der Waals surface area contributed by atoms with Gasteiger partial charge < -0.3 is 39.8 Å². The monoisotopic (exact) mass is 720 g/mol. The zero-order valence-electron chi connectivity index (χ0n) is 25.9. The summed E-state index contributed by atoms with van der Waals surface area (Å²) in [6.07, 6.45) is 7.65. The van der Waals surface area contributed by atoms with Crippen LogP contribution in [-0.4, -0.2) is 62.3 Å². The number of aromatic nitrogens is 2. The Morgan fingerprint density at radius 2 is 0.680 bits per heavy atom. The van der Waals surface area contributed by atoms with E-state index >= 15 is 0 Å². The number of pyridine rings is 2. The van der Waals surface area contributed by atoms with E-state index in [0.717, 1.165) is 0 Å². The maximum Gasteiger partial charge on any atom is 0.341 e. The molecule has 0 aliphatic carbocycles. The van der Waals surface area contributed by atoms with Crippen LogP contribution in [0.25, 0.3) is 0 Å². The topological polar surface area (TPSA) is 190 Å². The minimum atomic E-state index is -2.52. The highest BCUT2D eigenvalue weighted by Gasteiger charge is 2.32. The number of H-pyrrole nitrogens is 2. The third-order valence-electron chi connectivity index (χ3n) is 5.80. The van der Waals surface area contributed by atoms with Gasteiger partial charge >= 0.3 is 11.9 Å². The molecule has 0 saturated heterocycles. The highest BCUT2D eigenvalue weighted by atomic mass is 19.2. The summed E-state index contributed by atoms with van der Waals surface area (Å²) in [6.45, 7) is 0. The van der Waals surface area contributed by atoms with E-state index in [1.165, 1.54) is 11.4 Å². The van der Waals surface area contributed by atoms with Crippen molar-refractivity contribution in [3.8, 4) is 0 Å². The minimum absolute atomic E-state index is 1.22. The Bertz CT molecular complexity index is 1580. The van der Waals surface area contributed by atoms with Crippen LogP contribution in [-0.2, 0) is 0 Å². The van der Waals surface area contributed by atoms with Gasteiger partial charge in [-0.3, -0.25) is 0 Å². The number of anilines is 2. The lowest BCUT2D eigenvalue weighted by Crippen LogP contribution is -2.30. The molecule has 2 aromatic heterocycles. The molecule has 4 N–H and O–H groups in total. The summed E-state index contributed by atoms with van der Waals surface area (Å²) in [5.41, 5.74) is -5.34. The highest BCUT2D eigenvalue weighted by molar-refractivity contribution is 5.93. The van der Waals surface area contributed by atoms with Gasteiger partial charge in [-0.25, -0.2) is 54.7 Å². The van der Waals surface area contributed by atoms with Crippen molar-refractivity contribution in [2.75, 3.05) is 38.0 Å². The van der Waals surface area contributed by atoms with Crippen LogP contribution in [0.5, 0.6) is 0 Å². The number of halogens is 8. The molecular weight excluding hydrogens is 696 g/mol. The number of aromatic amines is 2. The molecule has 0 saturated carbocycles. The Morgan fingerprint density at radius 3 is 0.820 bits per heavy atom. The molecule has 20 heteroatoms. The summed E-state index contributed by atoms with van der Waals surface area (Å²) in [6, 6.07) is 8.11. The third-order valence-corrected chi connectivity index (χ3v) is 5.80. The fourth-order valence-corrected chi connectivity index (χ4v) is 3.35. The first kappa shape index (κ1) is 41.7. The quantitative estimate of drug-likeness (QED) is 0.219. The second-order valence-corrected chi connectivity index (χ2v) is 9.50. The molecule has 12 nitrogen and oxygen atoms in total. The van der Waals surface area contributed by atoms with Crippen LogP contribution >= 0.6 is 0 Å². The standard InChI is InChI=1S/2C8H2F4O4.2C7H10N2/c2*9-3-1(7(13)14)4(10)6(12)2(5(3)11)8(15)16;2*1-9(2)7-3-5-8-6-4-7/h2*(H,13,14)(H,15,16);2*3-6H,1-2H3. The van der Waals surface area contributed by atoms with Gasteiger partial charge in [-0.15, -0.1) is 0 Å². The lowest BCUT2D eigenvalue weighted by atomic mass is 10.1. The zero-order valence-corrected chi connectivity index (χ0v) is 25.9. The maximum absolute atomic E-state index is 12.9. The van der Waals surface area contributed by atoms with Crippen LogP contribution < -0.4 is 30.0 Å². The van der Waals surface area contributed by atoms with Gasteiger partial charge in [0, 0.05) is 63.8 Å².